The molecule has 1 saturated heterocycles. The minimum Gasteiger partial charge on any atom is -0.353 e. The number of hydrogen-bond acceptors (Lipinski definition) is 3. The first-order valence-corrected chi connectivity index (χ1v) is 7.82. The van der Waals surface area contributed by atoms with Crippen molar-refractivity contribution >= 4 is 5.91 Å². The lowest BCUT2D eigenvalue weighted by atomic mass is 10.1. The Labute approximate surface area is 128 Å². The maximum Gasteiger partial charge on any atom is 0.241 e. The summed E-state index contributed by atoms with van der Waals surface area (Å²) in [7, 11) is 3.89. The molecule has 116 valence electrons. The lowest BCUT2D eigenvalue weighted by molar-refractivity contribution is -0.126. The molecule has 1 aliphatic rings. The smallest absolute Gasteiger partial charge is 0.241 e. The zero-order chi connectivity index (χ0) is 15.2. The quantitative estimate of drug-likeness (QED) is 0.868. The van der Waals surface area contributed by atoms with Crippen LogP contribution in [0, 0.1) is 0 Å². The van der Waals surface area contributed by atoms with Crippen LogP contribution in [0.4, 0.5) is 0 Å². The van der Waals surface area contributed by atoms with Crippen molar-refractivity contribution in [2.75, 3.05) is 33.7 Å². The molecule has 1 heterocycles. The number of likely N-dealkylation sites (N-methyl/N-ethyl adjacent to an activating group) is 1. The van der Waals surface area contributed by atoms with Crippen LogP contribution in [-0.2, 0) is 4.79 Å². The van der Waals surface area contributed by atoms with E-state index in [1.165, 1.54) is 12.8 Å². The van der Waals surface area contributed by atoms with Gasteiger partial charge in [0, 0.05) is 12.6 Å². The van der Waals surface area contributed by atoms with Crippen molar-refractivity contribution in [2.45, 2.75) is 31.8 Å². The van der Waals surface area contributed by atoms with E-state index in [0.717, 1.165) is 25.2 Å². The molecule has 0 aliphatic carbocycles. The van der Waals surface area contributed by atoms with Crippen molar-refractivity contribution in [3.63, 3.8) is 0 Å². The third kappa shape index (κ3) is 4.29. The van der Waals surface area contributed by atoms with Gasteiger partial charge < -0.3 is 5.32 Å². The van der Waals surface area contributed by atoms with Crippen molar-refractivity contribution in [3.05, 3.63) is 35.9 Å². The molecular formula is C17H27N3O. The number of benzene rings is 1. The Kier molecular flexibility index (Phi) is 5.76. The van der Waals surface area contributed by atoms with Gasteiger partial charge in [-0.1, -0.05) is 30.3 Å². The van der Waals surface area contributed by atoms with E-state index in [-0.39, 0.29) is 11.9 Å². The number of carbonyl (C=O) groups is 1. The van der Waals surface area contributed by atoms with Gasteiger partial charge in [-0.15, -0.1) is 0 Å². The molecule has 0 saturated carbocycles. The van der Waals surface area contributed by atoms with Gasteiger partial charge in [-0.2, -0.15) is 0 Å². The first kappa shape index (κ1) is 16.0. The van der Waals surface area contributed by atoms with Gasteiger partial charge in [-0.3, -0.25) is 14.6 Å². The molecule has 0 aromatic heterocycles. The van der Waals surface area contributed by atoms with E-state index in [2.05, 4.69) is 17.1 Å². The van der Waals surface area contributed by atoms with E-state index < -0.39 is 0 Å². The first-order chi connectivity index (χ1) is 10.1. The van der Waals surface area contributed by atoms with Crippen LogP contribution in [0.5, 0.6) is 0 Å². The van der Waals surface area contributed by atoms with E-state index >= 15 is 0 Å². The molecule has 0 bridgehead atoms. The lowest BCUT2D eigenvalue weighted by Crippen LogP contribution is -2.44. The molecular weight excluding hydrogens is 262 g/mol. The summed E-state index contributed by atoms with van der Waals surface area (Å²) < 4.78 is 0. The average molecular weight is 289 g/mol. The highest BCUT2D eigenvalue weighted by molar-refractivity contribution is 5.83. The monoisotopic (exact) mass is 289 g/mol. The maximum atomic E-state index is 12.5. The van der Waals surface area contributed by atoms with Gasteiger partial charge in [0.1, 0.15) is 6.04 Å². The highest BCUT2D eigenvalue weighted by Crippen LogP contribution is 2.18. The molecule has 4 nitrogen and oxygen atoms in total. The molecule has 2 unspecified atom stereocenters. The SMILES string of the molecule is CC(CNC(=O)C(c1ccccc1)N(C)C)N1CCCC1. The van der Waals surface area contributed by atoms with Crippen LogP contribution in [0.2, 0.25) is 0 Å². The molecule has 1 aromatic rings. The van der Waals surface area contributed by atoms with E-state index in [9.17, 15) is 4.79 Å². The molecule has 1 amide bonds. The fraction of sp³-hybridized carbons (Fsp3) is 0.588. The summed E-state index contributed by atoms with van der Waals surface area (Å²) in [6.45, 7) is 5.23. The molecule has 2 rings (SSSR count). The fourth-order valence-corrected chi connectivity index (χ4v) is 2.98. The van der Waals surface area contributed by atoms with Crippen molar-refractivity contribution in [2.24, 2.45) is 0 Å². The number of hydrogen-bond donors (Lipinski definition) is 1. The molecule has 1 aromatic carbocycles. The van der Waals surface area contributed by atoms with Crippen LogP contribution >= 0.6 is 0 Å². The van der Waals surface area contributed by atoms with E-state index in [0.29, 0.717) is 6.04 Å². The summed E-state index contributed by atoms with van der Waals surface area (Å²) in [5.41, 5.74) is 1.04. The van der Waals surface area contributed by atoms with Gasteiger partial charge in [0.05, 0.1) is 0 Å². The Morgan fingerprint density at radius 3 is 2.43 bits per heavy atom. The zero-order valence-corrected chi connectivity index (χ0v) is 13.4. The highest BCUT2D eigenvalue weighted by atomic mass is 16.2. The van der Waals surface area contributed by atoms with Crippen molar-refractivity contribution < 1.29 is 4.79 Å². The normalized spacial score (nSPS) is 18.7. The summed E-state index contributed by atoms with van der Waals surface area (Å²) in [6.07, 6.45) is 2.56. The second kappa shape index (κ2) is 7.57. The third-order valence-electron chi connectivity index (χ3n) is 4.22. The molecule has 1 fully saturated rings. The largest absolute Gasteiger partial charge is 0.353 e. The van der Waals surface area contributed by atoms with E-state index in [4.69, 9.17) is 0 Å². The predicted molar refractivity (Wildman–Crippen MR) is 86.1 cm³/mol. The predicted octanol–water partition coefficient (Wildman–Crippen LogP) is 1.89. The topological polar surface area (TPSA) is 35.6 Å². The zero-order valence-electron chi connectivity index (χ0n) is 13.4. The van der Waals surface area contributed by atoms with Gasteiger partial charge in [0.15, 0.2) is 0 Å². The first-order valence-electron chi connectivity index (χ1n) is 7.82. The van der Waals surface area contributed by atoms with Crippen molar-refractivity contribution in [3.8, 4) is 0 Å². The summed E-state index contributed by atoms with van der Waals surface area (Å²) in [5.74, 6) is 0.0808. The Morgan fingerprint density at radius 1 is 1.24 bits per heavy atom. The van der Waals surface area contributed by atoms with Crippen LogP contribution in [0.3, 0.4) is 0 Å². The Balaban J connectivity index is 1.93. The second-order valence-electron chi connectivity index (χ2n) is 6.11. The summed E-state index contributed by atoms with van der Waals surface area (Å²) in [6, 6.07) is 10.1. The van der Waals surface area contributed by atoms with E-state index in [1.807, 2.05) is 49.3 Å². The maximum absolute atomic E-state index is 12.5. The Morgan fingerprint density at radius 2 is 1.86 bits per heavy atom. The summed E-state index contributed by atoms with van der Waals surface area (Å²) in [4.78, 5) is 16.9. The van der Waals surface area contributed by atoms with Crippen LogP contribution in [0.25, 0.3) is 0 Å². The molecule has 0 spiro atoms. The molecule has 2 atom stereocenters. The van der Waals surface area contributed by atoms with Crippen LogP contribution < -0.4 is 5.32 Å². The number of amides is 1. The Hall–Kier alpha value is -1.39. The lowest BCUT2D eigenvalue weighted by Gasteiger charge is -2.27. The number of rotatable bonds is 6. The van der Waals surface area contributed by atoms with Gasteiger partial charge in [-0.25, -0.2) is 0 Å². The molecule has 21 heavy (non-hydrogen) atoms. The molecule has 4 heteroatoms. The number of likely N-dealkylation sites (tertiary alicyclic amines) is 1. The number of nitrogens with one attached hydrogen (secondary N) is 1. The summed E-state index contributed by atoms with van der Waals surface area (Å²) >= 11 is 0. The average Bonchev–Trinajstić information content (AvgIpc) is 3.00. The van der Waals surface area contributed by atoms with Gasteiger partial charge in [0.2, 0.25) is 5.91 Å². The summed E-state index contributed by atoms with van der Waals surface area (Å²) in [5, 5.41) is 3.12. The standard InChI is InChI=1S/C17H27N3O/c1-14(20-11-7-8-12-20)13-18-17(21)16(19(2)3)15-9-5-4-6-10-15/h4-6,9-10,14,16H,7-8,11-13H2,1-3H3,(H,18,21). The fourth-order valence-electron chi connectivity index (χ4n) is 2.98. The Bertz CT molecular complexity index is 441. The molecule has 1 N–H and O–H groups in total. The third-order valence-corrected chi connectivity index (χ3v) is 4.22. The number of nitrogens with zero attached hydrogens (tertiary/aromatic N) is 2. The van der Waals surface area contributed by atoms with Gasteiger partial charge >= 0.3 is 0 Å². The van der Waals surface area contributed by atoms with Crippen molar-refractivity contribution in [1.29, 1.82) is 0 Å². The molecule has 1 aliphatic heterocycles. The van der Waals surface area contributed by atoms with Crippen LogP contribution in [-0.4, -0.2) is 55.5 Å². The number of carbonyl (C=O) groups excluding carboxylic acids is 1. The van der Waals surface area contributed by atoms with Crippen LogP contribution in [0.1, 0.15) is 31.4 Å². The second-order valence-corrected chi connectivity index (χ2v) is 6.11. The highest BCUT2D eigenvalue weighted by Gasteiger charge is 2.24. The van der Waals surface area contributed by atoms with E-state index in [1.54, 1.807) is 0 Å². The molecule has 0 radical (unpaired) electrons. The van der Waals surface area contributed by atoms with Crippen molar-refractivity contribution in [1.82, 2.24) is 15.1 Å². The van der Waals surface area contributed by atoms with Gasteiger partial charge in [0.25, 0.3) is 0 Å². The van der Waals surface area contributed by atoms with Gasteiger partial charge in [-0.05, 0) is 52.5 Å². The minimum absolute atomic E-state index is 0.0808. The van der Waals surface area contributed by atoms with Crippen LogP contribution in [0.15, 0.2) is 30.3 Å². The minimum atomic E-state index is -0.225.